The molecule has 0 radical (unpaired) electrons. The van der Waals surface area contributed by atoms with Gasteiger partial charge in [-0.1, -0.05) is 5.16 Å². The minimum absolute atomic E-state index is 0.154. The highest BCUT2D eigenvalue weighted by molar-refractivity contribution is 5.49. The van der Waals surface area contributed by atoms with Gasteiger partial charge in [-0.15, -0.1) is 9.73 Å². The molecule has 2 aliphatic rings. The average Bonchev–Trinajstić information content (AvgIpc) is 3.16. The van der Waals surface area contributed by atoms with Gasteiger partial charge in [-0.25, -0.2) is 9.37 Å². The number of halogens is 1. The van der Waals surface area contributed by atoms with Crippen LogP contribution in [0, 0.1) is 24.6 Å². The summed E-state index contributed by atoms with van der Waals surface area (Å²) in [7, 11) is 0. The molecule has 2 fully saturated rings. The first-order valence-electron chi connectivity index (χ1n) is 9.67. The Balaban J connectivity index is 1.17. The number of pyridine rings is 1. The molecule has 1 aliphatic heterocycles. The van der Waals surface area contributed by atoms with Crippen molar-refractivity contribution in [2.24, 2.45) is 11.8 Å². The van der Waals surface area contributed by atoms with Crippen molar-refractivity contribution in [1.82, 2.24) is 34.5 Å². The number of aromatic nitrogens is 7. The fourth-order valence-electron chi connectivity index (χ4n) is 4.45. The molecule has 30 heavy (non-hydrogen) atoms. The molecule has 0 bridgehead atoms. The van der Waals surface area contributed by atoms with E-state index in [-0.39, 0.29) is 23.8 Å². The molecule has 0 N–H and O–H groups in total. The molecule has 11 heteroatoms. The van der Waals surface area contributed by atoms with Gasteiger partial charge in [0.05, 0.1) is 6.20 Å². The number of hydrogen-bond acceptors (Lipinski definition) is 8. The molecule has 152 valence electrons. The molecule has 0 aromatic carbocycles. The van der Waals surface area contributed by atoms with Gasteiger partial charge >= 0.3 is 0 Å². The van der Waals surface area contributed by atoms with Crippen molar-refractivity contribution >= 4 is 11.3 Å². The van der Waals surface area contributed by atoms with Crippen LogP contribution in [0.3, 0.4) is 0 Å². The van der Waals surface area contributed by atoms with E-state index in [2.05, 4.69) is 30.2 Å². The third-order valence-electron chi connectivity index (χ3n) is 6.01. The SMILES string of the molecule is Cc1cnn2ncn(Cc3nc(C4C5CN(c6cc(F)ccn6)CC54)no3)c(=O)c12. The molecular weight excluding hydrogens is 391 g/mol. The van der Waals surface area contributed by atoms with E-state index >= 15 is 0 Å². The van der Waals surface area contributed by atoms with E-state index in [1.807, 2.05) is 6.92 Å². The lowest BCUT2D eigenvalue weighted by molar-refractivity contribution is 0.363. The van der Waals surface area contributed by atoms with Gasteiger partial charge in [0, 0.05) is 36.8 Å². The molecule has 0 spiro atoms. The molecular formula is C19H17FN8O2. The monoisotopic (exact) mass is 408 g/mol. The van der Waals surface area contributed by atoms with Crippen molar-refractivity contribution in [2.45, 2.75) is 19.4 Å². The van der Waals surface area contributed by atoms with Crippen LogP contribution in [0.5, 0.6) is 0 Å². The summed E-state index contributed by atoms with van der Waals surface area (Å²) in [6, 6.07) is 2.80. The number of hydrogen-bond donors (Lipinski definition) is 0. The second-order valence-electron chi connectivity index (χ2n) is 7.87. The summed E-state index contributed by atoms with van der Waals surface area (Å²) in [5, 5.41) is 12.3. The van der Waals surface area contributed by atoms with Crippen LogP contribution in [0.2, 0.25) is 0 Å². The highest BCUT2D eigenvalue weighted by Gasteiger charge is 2.58. The molecule has 1 saturated carbocycles. The van der Waals surface area contributed by atoms with Crippen molar-refractivity contribution < 1.29 is 8.91 Å². The Labute approximate surface area is 169 Å². The molecule has 4 aromatic heterocycles. The Morgan fingerprint density at radius 1 is 1.27 bits per heavy atom. The van der Waals surface area contributed by atoms with Crippen molar-refractivity contribution in [1.29, 1.82) is 0 Å². The van der Waals surface area contributed by atoms with Crippen LogP contribution < -0.4 is 10.5 Å². The van der Waals surface area contributed by atoms with E-state index in [9.17, 15) is 9.18 Å². The maximum Gasteiger partial charge on any atom is 0.280 e. The molecule has 10 nitrogen and oxygen atoms in total. The van der Waals surface area contributed by atoms with E-state index in [1.54, 1.807) is 6.20 Å². The Hall–Kier alpha value is -3.63. The molecule has 0 amide bonds. The van der Waals surface area contributed by atoms with Gasteiger partial charge in [-0.05, 0) is 24.8 Å². The van der Waals surface area contributed by atoms with Crippen LogP contribution in [0.4, 0.5) is 10.2 Å². The molecule has 1 aliphatic carbocycles. The van der Waals surface area contributed by atoms with Gasteiger partial charge in [-0.2, -0.15) is 10.1 Å². The summed E-state index contributed by atoms with van der Waals surface area (Å²) >= 11 is 0. The van der Waals surface area contributed by atoms with E-state index in [0.29, 0.717) is 34.9 Å². The van der Waals surface area contributed by atoms with E-state index in [4.69, 9.17) is 4.52 Å². The lowest BCUT2D eigenvalue weighted by atomic mass is 10.2. The molecule has 1 saturated heterocycles. The predicted molar refractivity (Wildman–Crippen MR) is 102 cm³/mol. The summed E-state index contributed by atoms with van der Waals surface area (Å²) < 4.78 is 21.6. The average molecular weight is 408 g/mol. The van der Waals surface area contributed by atoms with Crippen LogP contribution in [0.1, 0.15) is 23.2 Å². The number of fused-ring (bicyclic) bond motifs is 2. The lowest BCUT2D eigenvalue weighted by Gasteiger charge is -2.20. The minimum Gasteiger partial charge on any atom is -0.356 e. The summed E-state index contributed by atoms with van der Waals surface area (Å²) in [6.45, 7) is 3.54. The standard InChI is InChI=1S/C19H17FN8O2/c1-10-5-22-28-17(10)19(29)27(9-23-28)8-15-24-18(25-30-15)16-12-6-26(7-13(12)16)14-4-11(20)2-3-21-14/h2-5,9,12-13,16H,6-8H2,1H3. The van der Waals surface area contributed by atoms with Gasteiger partial charge in [0.15, 0.2) is 11.3 Å². The lowest BCUT2D eigenvalue weighted by Crippen LogP contribution is -2.25. The highest BCUT2D eigenvalue weighted by atomic mass is 19.1. The maximum atomic E-state index is 13.4. The smallest absolute Gasteiger partial charge is 0.280 e. The van der Waals surface area contributed by atoms with Gasteiger partial charge < -0.3 is 9.42 Å². The van der Waals surface area contributed by atoms with Crippen LogP contribution in [0.25, 0.3) is 5.52 Å². The summed E-state index contributed by atoms with van der Waals surface area (Å²) in [4.78, 5) is 23.5. The molecule has 6 rings (SSSR count). The first-order chi connectivity index (χ1) is 14.6. The number of rotatable bonds is 4. The zero-order valence-electron chi connectivity index (χ0n) is 16.0. The molecule has 2 unspecified atom stereocenters. The Morgan fingerprint density at radius 2 is 2.10 bits per heavy atom. The van der Waals surface area contributed by atoms with Gasteiger partial charge in [0.2, 0.25) is 5.89 Å². The number of piperidine rings is 1. The quantitative estimate of drug-likeness (QED) is 0.493. The van der Waals surface area contributed by atoms with Gasteiger partial charge in [0.25, 0.3) is 5.56 Å². The Bertz CT molecular complexity index is 1320. The molecule has 4 aromatic rings. The van der Waals surface area contributed by atoms with Crippen LogP contribution in [0.15, 0.2) is 40.2 Å². The second-order valence-corrected chi connectivity index (χ2v) is 7.87. The Morgan fingerprint density at radius 3 is 2.90 bits per heavy atom. The first-order valence-corrected chi connectivity index (χ1v) is 9.67. The number of nitrogens with zero attached hydrogens (tertiary/aromatic N) is 8. The van der Waals surface area contributed by atoms with E-state index in [1.165, 1.54) is 33.9 Å². The molecule has 2 atom stereocenters. The van der Waals surface area contributed by atoms with Crippen molar-refractivity contribution in [3.8, 4) is 0 Å². The molecule has 5 heterocycles. The van der Waals surface area contributed by atoms with Crippen molar-refractivity contribution in [3.63, 3.8) is 0 Å². The minimum atomic E-state index is -0.283. The van der Waals surface area contributed by atoms with Crippen LogP contribution in [-0.2, 0) is 6.54 Å². The second kappa shape index (κ2) is 6.18. The Kier molecular flexibility index (Phi) is 3.55. The number of anilines is 1. The van der Waals surface area contributed by atoms with E-state index < -0.39 is 0 Å². The van der Waals surface area contributed by atoms with Crippen molar-refractivity contribution in [2.75, 3.05) is 18.0 Å². The fraction of sp³-hybridized carbons (Fsp3) is 0.368. The highest BCUT2D eigenvalue weighted by Crippen LogP contribution is 2.57. The first kappa shape index (κ1) is 17.2. The summed E-state index contributed by atoms with van der Waals surface area (Å²) in [5.74, 6) is 2.42. The maximum absolute atomic E-state index is 13.4. The fourth-order valence-corrected chi connectivity index (χ4v) is 4.45. The summed E-state index contributed by atoms with van der Waals surface area (Å²) in [6.07, 6.45) is 4.51. The predicted octanol–water partition coefficient (Wildman–Crippen LogP) is 1.01. The topological polar surface area (TPSA) is 107 Å². The summed E-state index contributed by atoms with van der Waals surface area (Å²) in [5.41, 5.74) is 0.984. The van der Waals surface area contributed by atoms with Crippen LogP contribution in [-0.4, -0.2) is 47.6 Å². The van der Waals surface area contributed by atoms with Gasteiger partial charge in [0.1, 0.15) is 24.5 Å². The third-order valence-corrected chi connectivity index (χ3v) is 6.01. The third kappa shape index (κ3) is 2.61. The van der Waals surface area contributed by atoms with E-state index in [0.717, 1.165) is 18.7 Å². The van der Waals surface area contributed by atoms with Crippen molar-refractivity contribution in [3.05, 3.63) is 64.3 Å². The zero-order valence-corrected chi connectivity index (χ0v) is 16.0. The largest absolute Gasteiger partial charge is 0.356 e. The normalized spacial score (nSPS) is 22.6. The zero-order chi connectivity index (χ0) is 20.4. The van der Waals surface area contributed by atoms with Crippen LogP contribution >= 0.6 is 0 Å². The van der Waals surface area contributed by atoms with Gasteiger partial charge in [-0.3, -0.25) is 9.36 Å². The number of aryl methyl sites for hydroxylation is 1.